The number of aromatic nitrogens is 4. The van der Waals surface area contributed by atoms with Gasteiger partial charge in [0.2, 0.25) is 11.8 Å². The fraction of sp³-hybridized carbons (Fsp3) is 0.476. The topological polar surface area (TPSA) is 175 Å². The summed E-state index contributed by atoms with van der Waals surface area (Å²) >= 11 is 0. The third-order valence-corrected chi connectivity index (χ3v) is 11.3. The molecule has 4 heterocycles. The molecule has 4 aromatic rings. The lowest BCUT2D eigenvalue weighted by molar-refractivity contribution is -0.136. The van der Waals surface area contributed by atoms with Gasteiger partial charge in [-0.3, -0.25) is 9.59 Å². The Morgan fingerprint density at radius 2 is 1.45 bits per heavy atom. The van der Waals surface area contributed by atoms with Gasteiger partial charge in [0.15, 0.2) is 0 Å². The molecule has 0 unspecified atom stereocenters. The summed E-state index contributed by atoms with van der Waals surface area (Å²) in [5.41, 5.74) is 5.09. The van der Waals surface area contributed by atoms with Gasteiger partial charge in [0.25, 0.3) is 0 Å². The number of likely N-dealkylation sites (tertiary alicyclic amines) is 2. The number of carbonyl (C=O) groups is 4. The monoisotopic (exact) mass is 762 g/mol. The first-order chi connectivity index (χ1) is 26.9. The van der Waals surface area contributed by atoms with E-state index in [2.05, 4.69) is 32.4 Å². The maximum atomic E-state index is 13.8. The van der Waals surface area contributed by atoms with E-state index in [1.165, 1.54) is 14.2 Å². The van der Waals surface area contributed by atoms with Crippen LogP contribution in [0.4, 0.5) is 9.59 Å². The first kappa shape index (κ1) is 38.4. The molecular weight excluding hydrogens is 713 g/mol. The van der Waals surface area contributed by atoms with Crippen molar-refractivity contribution in [2.75, 3.05) is 27.3 Å². The molecule has 4 amide bonds. The average Bonchev–Trinajstić information content (AvgIpc) is 3.68. The first-order valence-electron chi connectivity index (χ1n) is 19.4. The van der Waals surface area contributed by atoms with Crippen LogP contribution >= 0.6 is 0 Å². The number of H-pyrrole nitrogens is 2. The lowest BCUT2D eigenvalue weighted by atomic mass is 10.0. The van der Waals surface area contributed by atoms with Crippen LogP contribution < -0.4 is 10.6 Å². The number of aromatic amines is 2. The molecule has 2 aliphatic heterocycles. The standard InChI is InChI=1S/C42H50N8O6/c1-24(2)34(47-40(53)55-5)38(51)49-19-7-8-32(49)37-44-29-16-13-27(20-30(29)45-37)10-9-26-11-14-28(15-12-26)31-22-43-36(46-31)33-21-42(17-18-42)23-50(33)39(52)35(25(3)4)48-41(54)56-6/h11-16,20,22,24-25,32-35H,7-8,17-19,21,23H2,1-6H3,(H,43,46)(H,44,45)(H,47,53)(H,48,54)/t32-,33-,34-,35-/m0/s1. The van der Waals surface area contributed by atoms with Crippen molar-refractivity contribution in [2.45, 2.75) is 84.0 Å². The molecule has 2 aromatic heterocycles. The third-order valence-electron chi connectivity index (χ3n) is 11.3. The molecule has 56 heavy (non-hydrogen) atoms. The summed E-state index contributed by atoms with van der Waals surface area (Å²) in [4.78, 5) is 71.6. The molecule has 3 aliphatic rings. The summed E-state index contributed by atoms with van der Waals surface area (Å²) in [6.45, 7) is 8.85. The van der Waals surface area contributed by atoms with Gasteiger partial charge >= 0.3 is 12.2 Å². The highest BCUT2D eigenvalue weighted by atomic mass is 16.5. The first-order valence-corrected chi connectivity index (χ1v) is 19.4. The van der Waals surface area contributed by atoms with E-state index in [4.69, 9.17) is 19.4 Å². The molecule has 14 nitrogen and oxygen atoms in total. The minimum absolute atomic E-state index is 0.109. The number of carbonyl (C=O) groups excluding carboxylic acids is 4. The van der Waals surface area contributed by atoms with E-state index < -0.39 is 24.3 Å². The number of benzene rings is 2. The predicted molar refractivity (Wildman–Crippen MR) is 209 cm³/mol. The Hall–Kier alpha value is -5.84. The number of rotatable bonds is 9. The summed E-state index contributed by atoms with van der Waals surface area (Å²) in [5.74, 6) is 7.47. The van der Waals surface area contributed by atoms with Crippen molar-refractivity contribution in [1.29, 1.82) is 0 Å². The van der Waals surface area contributed by atoms with Crippen molar-refractivity contribution in [3.05, 3.63) is 71.4 Å². The maximum Gasteiger partial charge on any atom is 0.407 e. The number of ether oxygens (including phenoxy) is 2. The second-order valence-corrected chi connectivity index (χ2v) is 15.9. The van der Waals surface area contributed by atoms with Crippen molar-refractivity contribution >= 4 is 35.0 Å². The number of hydrogen-bond donors (Lipinski definition) is 4. The van der Waals surface area contributed by atoms with Gasteiger partial charge in [0.1, 0.15) is 23.7 Å². The van der Waals surface area contributed by atoms with E-state index in [-0.39, 0.29) is 41.1 Å². The average molecular weight is 763 g/mol. The van der Waals surface area contributed by atoms with Crippen LogP contribution in [-0.2, 0) is 19.1 Å². The Kier molecular flexibility index (Phi) is 10.8. The SMILES string of the molecule is COC(=O)N[C@H](C(=O)N1CC2(CC2)C[C@H]1c1nc(-c2ccc(C#Cc3ccc4[nH]c([C@@H]5CCCN5C(=O)[C@@H](NC(=O)OC)C(C)C)nc4c3)cc2)c[nH]1)C(C)C. The molecule has 294 valence electrons. The fourth-order valence-corrected chi connectivity index (χ4v) is 7.93. The Balaban J connectivity index is 1.03. The molecule has 2 saturated heterocycles. The number of nitrogens with zero attached hydrogens (tertiary/aromatic N) is 4. The number of hydrogen-bond acceptors (Lipinski definition) is 8. The quantitative estimate of drug-likeness (QED) is 0.154. The highest BCUT2D eigenvalue weighted by Crippen LogP contribution is 2.58. The van der Waals surface area contributed by atoms with Crippen molar-refractivity contribution in [2.24, 2.45) is 17.3 Å². The minimum atomic E-state index is -0.697. The van der Waals surface area contributed by atoms with Crippen molar-refractivity contribution in [3.63, 3.8) is 0 Å². The maximum absolute atomic E-state index is 13.8. The van der Waals surface area contributed by atoms with Gasteiger partial charge in [-0.05, 0) is 79.7 Å². The van der Waals surface area contributed by atoms with Gasteiger partial charge < -0.3 is 39.9 Å². The van der Waals surface area contributed by atoms with Gasteiger partial charge in [0, 0.05) is 36.0 Å². The number of methoxy groups -OCH3 is 2. The van der Waals surface area contributed by atoms with Gasteiger partial charge in [0.05, 0.1) is 43.0 Å². The summed E-state index contributed by atoms with van der Waals surface area (Å²) < 4.78 is 9.55. The van der Waals surface area contributed by atoms with Crippen molar-refractivity contribution in [3.8, 4) is 23.1 Å². The number of amides is 4. The molecule has 1 aliphatic carbocycles. The minimum Gasteiger partial charge on any atom is -0.453 e. The number of fused-ring (bicyclic) bond motifs is 1. The van der Waals surface area contributed by atoms with Crippen LogP contribution in [-0.4, -0.2) is 93.1 Å². The lowest BCUT2D eigenvalue weighted by Gasteiger charge is -2.30. The predicted octanol–water partition coefficient (Wildman–Crippen LogP) is 5.83. The van der Waals surface area contributed by atoms with E-state index >= 15 is 0 Å². The fourth-order valence-electron chi connectivity index (χ4n) is 7.93. The zero-order chi connectivity index (χ0) is 39.7. The molecule has 1 spiro atoms. The Bertz CT molecular complexity index is 2180. The smallest absolute Gasteiger partial charge is 0.407 e. The Morgan fingerprint density at radius 3 is 2.07 bits per heavy atom. The van der Waals surface area contributed by atoms with Gasteiger partial charge in [-0.25, -0.2) is 19.6 Å². The van der Waals surface area contributed by atoms with E-state index in [1.54, 1.807) is 4.90 Å². The zero-order valence-corrected chi connectivity index (χ0v) is 32.8. The van der Waals surface area contributed by atoms with E-state index in [1.807, 2.05) is 81.3 Å². The Labute approximate surface area is 326 Å². The summed E-state index contributed by atoms with van der Waals surface area (Å²) in [5, 5.41) is 5.42. The third kappa shape index (κ3) is 7.94. The number of nitrogens with one attached hydrogen (secondary N) is 4. The second kappa shape index (κ2) is 15.7. The van der Waals surface area contributed by atoms with Crippen LogP contribution in [0.3, 0.4) is 0 Å². The number of imidazole rings is 2. The zero-order valence-electron chi connectivity index (χ0n) is 32.8. The molecule has 14 heteroatoms. The van der Waals surface area contributed by atoms with Crippen LogP contribution in [0.1, 0.15) is 94.7 Å². The summed E-state index contributed by atoms with van der Waals surface area (Å²) in [6, 6.07) is 11.9. The Morgan fingerprint density at radius 1 is 0.821 bits per heavy atom. The molecule has 1 saturated carbocycles. The molecule has 0 radical (unpaired) electrons. The normalized spacial score (nSPS) is 19.5. The molecular formula is C42H50N8O6. The van der Waals surface area contributed by atoms with Crippen LogP contribution in [0, 0.1) is 29.1 Å². The molecule has 3 fully saturated rings. The highest BCUT2D eigenvalue weighted by molar-refractivity contribution is 5.87. The van der Waals surface area contributed by atoms with Gasteiger partial charge in [-0.1, -0.05) is 51.7 Å². The van der Waals surface area contributed by atoms with Crippen LogP contribution in [0.5, 0.6) is 0 Å². The van der Waals surface area contributed by atoms with Crippen LogP contribution in [0.15, 0.2) is 48.7 Å². The van der Waals surface area contributed by atoms with Crippen LogP contribution in [0.2, 0.25) is 0 Å². The molecule has 2 aromatic carbocycles. The molecule has 7 rings (SSSR count). The highest BCUT2D eigenvalue weighted by Gasteiger charge is 2.55. The largest absolute Gasteiger partial charge is 0.453 e. The van der Waals surface area contributed by atoms with Crippen molar-refractivity contribution in [1.82, 2.24) is 40.4 Å². The second-order valence-electron chi connectivity index (χ2n) is 15.9. The summed E-state index contributed by atoms with van der Waals surface area (Å²) in [7, 11) is 2.58. The lowest BCUT2D eigenvalue weighted by Crippen LogP contribution is -2.51. The van der Waals surface area contributed by atoms with E-state index in [9.17, 15) is 19.2 Å². The van der Waals surface area contributed by atoms with E-state index in [0.717, 1.165) is 71.3 Å². The molecule has 0 bridgehead atoms. The molecule has 4 atom stereocenters. The molecule has 4 N–H and O–H groups in total. The number of alkyl carbamates (subject to hydrolysis) is 2. The summed E-state index contributed by atoms with van der Waals surface area (Å²) in [6.07, 6.45) is 5.23. The van der Waals surface area contributed by atoms with E-state index in [0.29, 0.717) is 18.9 Å². The van der Waals surface area contributed by atoms with Crippen LogP contribution in [0.25, 0.3) is 22.3 Å². The van der Waals surface area contributed by atoms with Crippen molar-refractivity contribution < 1.29 is 28.7 Å². The van der Waals surface area contributed by atoms with Gasteiger partial charge in [-0.15, -0.1) is 0 Å². The van der Waals surface area contributed by atoms with Gasteiger partial charge in [-0.2, -0.15) is 0 Å².